The minimum Gasteiger partial charge on any atom is -0.366 e. The van der Waals surface area contributed by atoms with Crippen molar-refractivity contribution in [2.45, 2.75) is 19.4 Å². The van der Waals surface area contributed by atoms with Gasteiger partial charge in [0.1, 0.15) is 11.5 Å². The van der Waals surface area contributed by atoms with Crippen molar-refractivity contribution in [1.29, 1.82) is 0 Å². The summed E-state index contributed by atoms with van der Waals surface area (Å²) < 4.78 is 1.91. The highest BCUT2D eigenvalue weighted by Crippen LogP contribution is 2.14. The van der Waals surface area contributed by atoms with E-state index >= 15 is 0 Å². The zero-order valence-electron chi connectivity index (χ0n) is 12.5. The molecule has 0 spiro atoms. The topological polar surface area (TPSA) is 81.4 Å². The van der Waals surface area contributed by atoms with E-state index in [9.17, 15) is 0 Å². The van der Waals surface area contributed by atoms with Crippen LogP contribution in [0.15, 0.2) is 43.1 Å². The molecule has 0 saturated carbocycles. The van der Waals surface area contributed by atoms with Crippen LogP contribution in [0, 0.1) is 0 Å². The molecular formula is C15H17N7. The molecule has 3 aromatic heterocycles. The largest absolute Gasteiger partial charge is 0.366 e. The van der Waals surface area contributed by atoms with Gasteiger partial charge in [-0.1, -0.05) is 0 Å². The van der Waals surface area contributed by atoms with Gasteiger partial charge in [0, 0.05) is 50.5 Å². The number of aryl methyl sites for hydroxylation is 1. The Hall–Kier alpha value is -2.83. The summed E-state index contributed by atoms with van der Waals surface area (Å²) in [7, 11) is 1.93. The number of nitrogens with one attached hydrogen (secondary N) is 1. The first kappa shape index (κ1) is 14.1. The third-order valence-electron chi connectivity index (χ3n) is 3.24. The van der Waals surface area contributed by atoms with Crippen LogP contribution in [0.2, 0.25) is 0 Å². The number of hydrogen-bond donors (Lipinski definition) is 1. The molecule has 1 unspecified atom stereocenters. The number of aromatic nitrogens is 6. The Morgan fingerprint density at radius 2 is 2.05 bits per heavy atom. The molecule has 0 aromatic carbocycles. The molecule has 3 aromatic rings. The quantitative estimate of drug-likeness (QED) is 0.771. The second-order valence-electron chi connectivity index (χ2n) is 5.11. The lowest BCUT2D eigenvalue weighted by Gasteiger charge is -2.13. The molecule has 0 saturated heterocycles. The summed E-state index contributed by atoms with van der Waals surface area (Å²) in [5.74, 6) is 1.53. The van der Waals surface area contributed by atoms with Crippen molar-refractivity contribution >= 4 is 5.82 Å². The molecule has 112 valence electrons. The second kappa shape index (κ2) is 6.30. The van der Waals surface area contributed by atoms with Gasteiger partial charge in [-0.3, -0.25) is 9.97 Å². The van der Waals surface area contributed by atoms with Crippen LogP contribution >= 0.6 is 0 Å². The van der Waals surface area contributed by atoms with Crippen LogP contribution < -0.4 is 5.32 Å². The molecule has 7 heteroatoms. The summed E-state index contributed by atoms with van der Waals surface area (Å²) >= 11 is 0. The molecule has 1 N–H and O–H groups in total. The van der Waals surface area contributed by atoms with E-state index in [2.05, 4.69) is 37.4 Å². The van der Waals surface area contributed by atoms with Gasteiger partial charge in [-0.25, -0.2) is 4.98 Å². The number of hydrogen-bond acceptors (Lipinski definition) is 6. The summed E-state index contributed by atoms with van der Waals surface area (Å²) in [4.78, 5) is 12.6. The highest BCUT2D eigenvalue weighted by atomic mass is 15.2. The van der Waals surface area contributed by atoms with E-state index in [0.29, 0.717) is 0 Å². The van der Waals surface area contributed by atoms with Gasteiger partial charge in [0.05, 0.1) is 5.69 Å². The highest BCUT2D eigenvalue weighted by molar-refractivity contribution is 5.51. The first-order valence-electron chi connectivity index (χ1n) is 7.05. The maximum Gasteiger partial charge on any atom is 0.160 e. The lowest BCUT2D eigenvalue weighted by Crippen LogP contribution is -2.19. The normalized spacial score (nSPS) is 12.1. The third kappa shape index (κ3) is 3.25. The Morgan fingerprint density at radius 3 is 2.68 bits per heavy atom. The van der Waals surface area contributed by atoms with Crippen LogP contribution in [0.25, 0.3) is 11.5 Å². The van der Waals surface area contributed by atoms with Crippen molar-refractivity contribution in [3.63, 3.8) is 0 Å². The lowest BCUT2D eigenvalue weighted by atomic mass is 10.2. The molecule has 0 bridgehead atoms. The van der Waals surface area contributed by atoms with Crippen molar-refractivity contribution in [3.05, 3.63) is 48.8 Å². The number of anilines is 1. The molecule has 7 nitrogen and oxygen atoms in total. The molecule has 0 fully saturated rings. The molecular weight excluding hydrogens is 278 g/mol. The van der Waals surface area contributed by atoms with Crippen LogP contribution in [0.3, 0.4) is 0 Å². The van der Waals surface area contributed by atoms with E-state index in [1.165, 1.54) is 0 Å². The fourth-order valence-corrected chi connectivity index (χ4v) is 2.19. The van der Waals surface area contributed by atoms with Crippen LogP contribution in [0.1, 0.15) is 12.6 Å². The van der Waals surface area contributed by atoms with Crippen molar-refractivity contribution in [2.24, 2.45) is 7.05 Å². The van der Waals surface area contributed by atoms with Crippen LogP contribution in [-0.2, 0) is 13.5 Å². The first-order valence-corrected chi connectivity index (χ1v) is 7.05. The van der Waals surface area contributed by atoms with Crippen molar-refractivity contribution < 1.29 is 0 Å². The van der Waals surface area contributed by atoms with Crippen LogP contribution in [-0.4, -0.2) is 35.8 Å². The second-order valence-corrected chi connectivity index (χ2v) is 5.11. The molecule has 22 heavy (non-hydrogen) atoms. The summed E-state index contributed by atoms with van der Waals surface area (Å²) in [6, 6.07) is 4.00. The van der Waals surface area contributed by atoms with Crippen molar-refractivity contribution in [1.82, 2.24) is 29.7 Å². The zero-order chi connectivity index (χ0) is 15.4. The maximum absolute atomic E-state index is 4.27. The zero-order valence-corrected chi connectivity index (χ0v) is 12.5. The minimum atomic E-state index is 0.185. The maximum atomic E-state index is 4.27. The minimum absolute atomic E-state index is 0.185. The average molecular weight is 295 g/mol. The number of imidazole rings is 1. The summed E-state index contributed by atoms with van der Waals surface area (Å²) in [6.45, 7) is 2.07. The summed E-state index contributed by atoms with van der Waals surface area (Å²) in [5, 5.41) is 11.7. The van der Waals surface area contributed by atoms with E-state index in [1.807, 2.05) is 29.9 Å². The third-order valence-corrected chi connectivity index (χ3v) is 3.24. The van der Waals surface area contributed by atoms with Crippen LogP contribution in [0.4, 0.5) is 5.82 Å². The Balaban J connectivity index is 1.65. The molecule has 0 aliphatic carbocycles. The summed E-state index contributed by atoms with van der Waals surface area (Å²) in [6.07, 6.45) is 9.54. The van der Waals surface area contributed by atoms with Crippen molar-refractivity contribution in [2.75, 3.05) is 5.32 Å². The van der Waals surface area contributed by atoms with Gasteiger partial charge in [-0.05, 0) is 19.1 Å². The predicted octanol–water partition coefficient (Wildman–Crippen LogP) is 1.71. The highest BCUT2D eigenvalue weighted by Gasteiger charge is 2.08. The molecule has 0 aliphatic heterocycles. The van der Waals surface area contributed by atoms with Gasteiger partial charge in [-0.15, -0.1) is 10.2 Å². The fourth-order valence-electron chi connectivity index (χ4n) is 2.19. The Kier molecular flexibility index (Phi) is 4.04. The average Bonchev–Trinajstić information content (AvgIpc) is 2.95. The Labute approximate surface area is 128 Å². The van der Waals surface area contributed by atoms with Crippen LogP contribution in [0.5, 0.6) is 0 Å². The molecule has 3 heterocycles. The van der Waals surface area contributed by atoms with Gasteiger partial charge in [0.2, 0.25) is 0 Å². The van der Waals surface area contributed by atoms with E-state index in [1.54, 1.807) is 24.8 Å². The molecule has 1 atom stereocenters. The number of rotatable bonds is 5. The molecule has 0 amide bonds. The van der Waals surface area contributed by atoms with Gasteiger partial charge in [0.25, 0.3) is 0 Å². The smallest absolute Gasteiger partial charge is 0.160 e. The lowest BCUT2D eigenvalue weighted by molar-refractivity contribution is 0.756. The van der Waals surface area contributed by atoms with E-state index in [-0.39, 0.29) is 6.04 Å². The molecule has 0 radical (unpaired) electrons. The van der Waals surface area contributed by atoms with Crippen molar-refractivity contribution in [3.8, 4) is 11.5 Å². The molecule has 3 rings (SSSR count). The van der Waals surface area contributed by atoms with Gasteiger partial charge < -0.3 is 9.88 Å². The first-order chi connectivity index (χ1) is 10.7. The SMILES string of the molecule is CC(Cc1cnccn1)Nc1ccc(-c2nccn2C)nn1. The number of nitrogens with zero attached hydrogens (tertiary/aromatic N) is 6. The van der Waals surface area contributed by atoms with E-state index in [4.69, 9.17) is 0 Å². The monoisotopic (exact) mass is 295 g/mol. The van der Waals surface area contributed by atoms with Gasteiger partial charge >= 0.3 is 0 Å². The summed E-state index contributed by atoms with van der Waals surface area (Å²) in [5.41, 5.74) is 1.69. The standard InChI is InChI=1S/C15H17N7/c1-11(9-12-10-16-5-6-17-12)19-14-4-3-13(20-21-14)15-18-7-8-22(15)2/h3-8,10-11H,9H2,1-2H3,(H,19,21). The molecule has 0 aliphatic rings. The fraction of sp³-hybridized carbons (Fsp3) is 0.267. The predicted molar refractivity (Wildman–Crippen MR) is 83.1 cm³/mol. The van der Waals surface area contributed by atoms with E-state index < -0.39 is 0 Å². The Bertz CT molecular complexity index is 721. The van der Waals surface area contributed by atoms with E-state index in [0.717, 1.165) is 29.5 Å². The Morgan fingerprint density at radius 1 is 1.14 bits per heavy atom. The van der Waals surface area contributed by atoms with Gasteiger partial charge in [-0.2, -0.15) is 0 Å². The van der Waals surface area contributed by atoms with Gasteiger partial charge in [0.15, 0.2) is 5.82 Å².